The number of amides is 1. The van der Waals surface area contributed by atoms with Crippen molar-refractivity contribution >= 4 is 11.9 Å². The van der Waals surface area contributed by atoms with Gasteiger partial charge < -0.3 is 10.0 Å². The lowest BCUT2D eigenvalue weighted by atomic mass is 9.80. The van der Waals surface area contributed by atoms with E-state index >= 15 is 0 Å². The van der Waals surface area contributed by atoms with Crippen molar-refractivity contribution in [3.05, 3.63) is 17.5 Å². The fourth-order valence-electron chi connectivity index (χ4n) is 3.01. The molecule has 6 heteroatoms. The van der Waals surface area contributed by atoms with E-state index in [1.165, 1.54) is 9.58 Å². The second-order valence-electron chi connectivity index (χ2n) is 5.56. The Morgan fingerprint density at radius 1 is 1.35 bits per heavy atom. The van der Waals surface area contributed by atoms with Crippen molar-refractivity contribution < 1.29 is 14.7 Å². The van der Waals surface area contributed by atoms with E-state index in [9.17, 15) is 14.7 Å². The highest BCUT2D eigenvalue weighted by atomic mass is 16.4. The maximum atomic E-state index is 12.6. The quantitative estimate of drug-likeness (QED) is 0.911. The van der Waals surface area contributed by atoms with Crippen LogP contribution >= 0.6 is 0 Å². The molecule has 1 aromatic heterocycles. The molecule has 1 aliphatic rings. The van der Waals surface area contributed by atoms with E-state index in [-0.39, 0.29) is 5.91 Å². The molecule has 0 aromatic carbocycles. The van der Waals surface area contributed by atoms with Gasteiger partial charge in [0.1, 0.15) is 11.2 Å². The number of likely N-dealkylation sites (N-methyl/N-ethyl adjacent to an activating group) is 1. The van der Waals surface area contributed by atoms with Crippen molar-refractivity contribution in [3.63, 3.8) is 0 Å². The van der Waals surface area contributed by atoms with Crippen LogP contribution in [0.25, 0.3) is 0 Å². The number of rotatable bonds is 3. The summed E-state index contributed by atoms with van der Waals surface area (Å²) in [5, 5.41) is 13.8. The van der Waals surface area contributed by atoms with Gasteiger partial charge in [-0.15, -0.1) is 0 Å². The number of carbonyl (C=O) groups is 2. The predicted molar refractivity (Wildman–Crippen MR) is 73.5 cm³/mol. The summed E-state index contributed by atoms with van der Waals surface area (Å²) in [6.07, 6.45) is 3.74. The molecule has 1 N–H and O–H groups in total. The van der Waals surface area contributed by atoms with Crippen LogP contribution in [0.3, 0.4) is 0 Å². The van der Waals surface area contributed by atoms with Gasteiger partial charge in [0, 0.05) is 14.1 Å². The number of aryl methyl sites for hydroxylation is 2. The summed E-state index contributed by atoms with van der Waals surface area (Å²) < 4.78 is 1.51. The molecule has 0 radical (unpaired) electrons. The molecule has 0 saturated heterocycles. The SMILES string of the molecule is Cc1cc(C(=O)N(C)C2(C(=O)O)CCCCC2)n(C)n1. The minimum atomic E-state index is -1.08. The number of aromatic nitrogens is 2. The second kappa shape index (κ2) is 5.26. The Morgan fingerprint density at radius 3 is 2.40 bits per heavy atom. The lowest BCUT2D eigenvalue weighted by Gasteiger charge is -2.40. The topological polar surface area (TPSA) is 75.4 Å². The minimum absolute atomic E-state index is 0.280. The zero-order valence-electron chi connectivity index (χ0n) is 12.2. The van der Waals surface area contributed by atoms with Crippen LogP contribution in [0.5, 0.6) is 0 Å². The molecule has 1 aromatic rings. The lowest BCUT2D eigenvalue weighted by molar-refractivity contribution is -0.151. The molecule has 0 atom stereocenters. The van der Waals surface area contributed by atoms with Crippen LogP contribution in [0, 0.1) is 6.92 Å². The van der Waals surface area contributed by atoms with Crippen molar-refractivity contribution in [2.45, 2.75) is 44.6 Å². The van der Waals surface area contributed by atoms with E-state index < -0.39 is 11.5 Å². The van der Waals surface area contributed by atoms with Crippen LogP contribution < -0.4 is 0 Å². The highest BCUT2D eigenvalue weighted by Gasteiger charge is 2.46. The minimum Gasteiger partial charge on any atom is -0.479 e. The molecular weight excluding hydrogens is 258 g/mol. The number of carbonyl (C=O) groups excluding carboxylic acids is 1. The fourth-order valence-corrected chi connectivity index (χ4v) is 3.01. The van der Waals surface area contributed by atoms with Crippen LogP contribution in [-0.4, -0.2) is 44.3 Å². The number of carboxylic acids is 1. The van der Waals surface area contributed by atoms with Gasteiger partial charge in [-0.3, -0.25) is 9.48 Å². The second-order valence-corrected chi connectivity index (χ2v) is 5.56. The smallest absolute Gasteiger partial charge is 0.329 e. The molecule has 0 unspecified atom stereocenters. The third kappa shape index (κ3) is 2.30. The van der Waals surface area contributed by atoms with Crippen LogP contribution in [-0.2, 0) is 11.8 Å². The Morgan fingerprint density at radius 2 is 1.95 bits per heavy atom. The van der Waals surface area contributed by atoms with E-state index in [1.54, 1.807) is 20.2 Å². The molecule has 6 nitrogen and oxygen atoms in total. The Hall–Kier alpha value is -1.85. The lowest BCUT2D eigenvalue weighted by Crippen LogP contribution is -2.56. The summed E-state index contributed by atoms with van der Waals surface area (Å²) >= 11 is 0. The maximum absolute atomic E-state index is 12.6. The first-order valence-electron chi connectivity index (χ1n) is 6.91. The van der Waals surface area contributed by atoms with Crippen LogP contribution in [0.15, 0.2) is 6.07 Å². The van der Waals surface area contributed by atoms with Crippen LogP contribution in [0.4, 0.5) is 0 Å². The molecule has 0 spiro atoms. The molecule has 1 heterocycles. The first-order chi connectivity index (χ1) is 9.38. The van der Waals surface area contributed by atoms with Gasteiger partial charge in [0.25, 0.3) is 5.91 Å². The van der Waals surface area contributed by atoms with Gasteiger partial charge >= 0.3 is 5.97 Å². The first kappa shape index (κ1) is 14.6. The zero-order chi connectivity index (χ0) is 14.9. The Kier molecular flexibility index (Phi) is 3.83. The molecule has 1 amide bonds. The van der Waals surface area contributed by atoms with Gasteiger partial charge in [-0.2, -0.15) is 5.10 Å². The molecule has 1 aliphatic carbocycles. The average molecular weight is 279 g/mol. The maximum Gasteiger partial charge on any atom is 0.329 e. The van der Waals surface area contributed by atoms with Crippen molar-refractivity contribution in [1.29, 1.82) is 0 Å². The molecule has 1 saturated carbocycles. The third-order valence-electron chi connectivity index (χ3n) is 4.25. The summed E-state index contributed by atoms with van der Waals surface area (Å²) in [6.45, 7) is 1.81. The van der Waals surface area contributed by atoms with Gasteiger partial charge in [-0.25, -0.2) is 4.79 Å². The summed E-state index contributed by atoms with van der Waals surface area (Å²) in [7, 11) is 3.28. The number of carboxylic acid groups (broad SMARTS) is 1. The van der Waals surface area contributed by atoms with Gasteiger partial charge in [-0.1, -0.05) is 19.3 Å². The molecule has 1 fully saturated rings. The molecular formula is C14H21N3O3. The molecule has 110 valence electrons. The average Bonchev–Trinajstić information content (AvgIpc) is 2.76. The van der Waals surface area contributed by atoms with Crippen molar-refractivity contribution in [2.24, 2.45) is 7.05 Å². The monoisotopic (exact) mass is 279 g/mol. The summed E-state index contributed by atoms with van der Waals surface area (Å²) in [5.41, 5.74) is 0.0986. The van der Waals surface area contributed by atoms with Crippen molar-refractivity contribution in [1.82, 2.24) is 14.7 Å². The standard InChI is InChI=1S/C14H21N3O3/c1-10-9-11(17(3)15-10)12(18)16(2)14(13(19)20)7-5-4-6-8-14/h9H,4-8H2,1-3H3,(H,19,20). The first-order valence-corrected chi connectivity index (χ1v) is 6.91. The number of hydrogen-bond acceptors (Lipinski definition) is 3. The number of aliphatic carboxylic acids is 1. The summed E-state index contributed by atoms with van der Waals surface area (Å²) in [4.78, 5) is 25.7. The Balaban J connectivity index is 2.32. The third-order valence-corrected chi connectivity index (χ3v) is 4.25. The largest absolute Gasteiger partial charge is 0.479 e. The van der Waals surface area contributed by atoms with E-state index in [0.29, 0.717) is 18.5 Å². The van der Waals surface area contributed by atoms with Crippen molar-refractivity contribution in [2.75, 3.05) is 7.05 Å². The molecule has 0 aliphatic heterocycles. The summed E-state index contributed by atoms with van der Waals surface area (Å²) in [5.74, 6) is -1.19. The molecule has 0 bridgehead atoms. The number of hydrogen-bond donors (Lipinski definition) is 1. The van der Waals surface area contributed by atoms with Gasteiger partial charge in [0.15, 0.2) is 0 Å². The van der Waals surface area contributed by atoms with E-state index in [2.05, 4.69) is 5.10 Å². The highest BCUT2D eigenvalue weighted by Crippen LogP contribution is 2.34. The van der Waals surface area contributed by atoms with E-state index in [0.717, 1.165) is 25.0 Å². The highest BCUT2D eigenvalue weighted by molar-refractivity contribution is 5.96. The Labute approximate surface area is 118 Å². The number of nitrogens with zero attached hydrogens (tertiary/aromatic N) is 3. The van der Waals surface area contributed by atoms with E-state index in [1.807, 2.05) is 6.92 Å². The summed E-state index contributed by atoms with van der Waals surface area (Å²) in [6, 6.07) is 1.69. The predicted octanol–water partition coefficient (Wildman–Crippen LogP) is 1.59. The normalized spacial score (nSPS) is 17.8. The van der Waals surface area contributed by atoms with Gasteiger partial charge in [0.05, 0.1) is 5.69 Å². The van der Waals surface area contributed by atoms with Crippen LogP contribution in [0.2, 0.25) is 0 Å². The van der Waals surface area contributed by atoms with Crippen molar-refractivity contribution in [3.8, 4) is 0 Å². The van der Waals surface area contributed by atoms with Gasteiger partial charge in [-0.05, 0) is 25.8 Å². The molecule has 2 rings (SSSR count). The van der Waals surface area contributed by atoms with Crippen LogP contribution in [0.1, 0.15) is 48.3 Å². The van der Waals surface area contributed by atoms with E-state index in [4.69, 9.17) is 0 Å². The molecule has 20 heavy (non-hydrogen) atoms. The zero-order valence-corrected chi connectivity index (χ0v) is 12.2. The Bertz CT molecular complexity index is 530. The fraction of sp³-hybridized carbons (Fsp3) is 0.643. The van der Waals surface area contributed by atoms with Gasteiger partial charge in [0.2, 0.25) is 0 Å².